The number of H-pyrrole nitrogens is 1. The predicted octanol–water partition coefficient (Wildman–Crippen LogP) is 3.66. The Balaban J connectivity index is 1.66. The van der Waals surface area contributed by atoms with Crippen molar-refractivity contribution in [3.05, 3.63) is 92.3 Å². The minimum absolute atomic E-state index is 0.0111. The van der Waals surface area contributed by atoms with Crippen molar-refractivity contribution in [3.8, 4) is 5.69 Å². The van der Waals surface area contributed by atoms with Gasteiger partial charge in [0.1, 0.15) is 5.39 Å². The second-order valence-electron chi connectivity index (χ2n) is 7.06. The molecule has 2 N–H and O–H groups in total. The Morgan fingerprint density at radius 2 is 1.78 bits per heavy atom. The van der Waals surface area contributed by atoms with Gasteiger partial charge >= 0.3 is 11.9 Å². The highest BCUT2D eigenvalue weighted by Crippen LogP contribution is 2.32. The standard InChI is InChI=1S/C22H18F3N5O2/c1-2-13-7-9-15(10-8-13)30-19(31)16-12-27-20(28-18(16)29-21(30)32)26-11-14-5-3-4-6-17(14)22(23,24)25/h3-10,12H,2,11H2,1H3,(H2,26,27,28,29,32). The lowest BCUT2D eigenvalue weighted by Gasteiger charge is -2.13. The number of benzene rings is 2. The largest absolute Gasteiger partial charge is 0.416 e. The van der Waals surface area contributed by atoms with E-state index >= 15 is 0 Å². The van der Waals surface area contributed by atoms with Crippen molar-refractivity contribution in [2.45, 2.75) is 26.1 Å². The van der Waals surface area contributed by atoms with Gasteiger partial charge in [0.25, 0.3) is 5.56 Å². The van der Waals surface area contributed by atoms with Crippen LogP contribution in [0, 0.1) is 0 Å². The maximum absolute atomic E-state index is 13.2. The summed E-state index contributed by atoms with van der Waals surface area (Å²) in [4.78, 5) is 36.1. The summed E-state index contributed by atoms with van der Waals surface area (Å²) in [5.74, 6) is -0.0189. The SMILES string of the molecule is CCc1ccc(-n2c(=O)[nH]c3nc(NCc4ccccc4C(F)(F)F)ncc3c2=O)cc1. The third-order valence-corrected chi connectivity index (χ3v) is 5.01. The molecule has 0 amide bonds. The molecule has 2 aromatic carbocycles. The molecule has 0 aliphatic carbocycles. The van der Waals surface area contributed by atoms with Crippen LogP contribution < -0.4 is 16.6 Å². The lowest BCUT2D eigenvalue weighted by Crippen LogP contribution is -2.34. The lowest BCUT2D eigenvalue weighted by molar-refractivity contribution is -0.138. The molecule has 10 heteroatoms. The van der Waals surface area contributed by atoms with Crippen LogP contribution in [0.5, 0.6) is 0 Å². The normalized spacial score (nSPS) is 11.6. The van der Waals surface area contributed by atoms with Crippen LogP contribution in [0.4, 0.5) is 19.1 Å². The van der Waals surface area contributed by atoms with Gasteiger partial charge in [-0.25, -0.2) is 14.3 Å². The van der Waals surface area contributed by atoms with Gasteiger partial charge in [0, 0.05) is 12.7 Å². The van der Waals surface area contributed by atoms with Gasteiger partial charge in [-0.15, -0.1) is 0 Å². The van der Waals surface area contributed by atoms with Gasteiger partial charge in [0.05, 0.1) is 11.3 Å². The molecule has 0 bridgehead atoms. The molecule has 7 nitrogen and oxygen atoms in total. The van der Waals surface area contributed by atoms with Gasteiger partial charge < -0.3 is 5.32 Å². The number of aryl methyl sites for hydroxylation is 1. The maximum Gasteiger partial charge on any atom is 0.416 e. The zero-order valence-electron chi connectivity index (χ0n) is 16.9. The monoisotopic (exact) mass is 441 g/mol. The number of fused-ring (bicyclic) bond motifs is 1. The summed E-state index contributed by atoms with van der Waals surface area (Å²) in [6.45, 7) is 1.81. The van der Waals surface area contributed by atoms with Crippen LogP contribution in [0.2, 0.25) is 0 Å². The zero-order chi connectivity index (χ0) is 22.9. The van der Waals surface area contributed by atoms with Gasteiger partial charge in [-0.2, -0.15) is 18.2 Å². The summed E-state index contributed by atoms with van der Waals surface area (Å²) >= 11 is 0. The molecule has 2 heterocycles. The van der Waals surface area contributed by atoms with E-state index < -0.39 is 23.0 Å². The number of nitrogens with one attached hydrogen (secondary N) is 2. The van der Waals surface area contributed by atoms with Crippen LogP contribution in [0.25, 0.3) is 16.7 Å². The Morgan fingerprint density at radius 3 is 2.47 bits per heavy atom. The Morgan fingerprint density at radius 1 is 1.06 bits per heavy atom. The van der Waals surface area contributed by atoms with E-state index in [0.29, 0.717) is 5.69 Å². The Labute approximate surface area is 179 Å². The number of aromatic nitrogens is 4. The number of nitrogens with zero attached hydrogens (tertiary/aromatic N) is 3. The summed E-state index contributed by atoms with van der Waals surface area (Å²) in [5.41, 5.74) is -0.572. The first-order chi connectivity index (χ1) is 15.3. The summed E-state index contributed by atoms with van der Waals surface area (Å²) in [7, 11) is 0. The van der Waals surface area contributed by atoms with Crippen LogP contribution in [-0.4, -0.2) is 19.5 Å². The fraction of sp³-hybridized carbons (Fsp3) is 0.182. The molecule has 0 saturated carbocycles. The fourth-order valence-electron chi connectivity index (χ4n) is 3.33. The average molecular weight is 441 g/mol. The number of anilines is 1. The molecule has 4 rings (SSSR count). The first kappa shape index (κ1) is 21.3. The highest BCUT2D eigenvalue weighted by Gasteiger charge is 2.32. The minimum atomic E-state index is -4.49. The van der Waals surface area contributed by atoms with Crippen LogP contribution >= 0.6 is 0 Å². The van der Waals surface area contributed by atoms with E-state index in [4.69, 9.17) is 0 Å². The number of hydrogen-bond donors (Lipinski definition) is 2. The highest BCUT2D eigenvalue weighted by molar-refractivity contribution is 5.73. The molecule has 32 heavy (non-hydrogen) atoms. The van der Waals surface area contributed by atoms with Gasteiger partial charge in [0.15, 0.2) is 5.65 Å². The number of rotatable bonds is 5. The second-order valence-corrected chi connectivity index (χ2v) is 7.06. The van der Waals surface area contributed by atoms with Crippen molar-refractivity contribution in [3.63, 3.8) is 0 Å². The molecule has 164 valence electrons. The lowest BCUT2D eigenvalue weighted by atomic mass is 10.1. The van der Waals surface area contributed by atoms with E-state index in [2.05, 4.69) is 20.3 Å². The molecular formula is C22H18F3N5O2. The Hall–Kier alpha value is -3.95. The molecule has 0 atom stereocenters. The van der Waals surface area contributed by atoms with E-state index in [9.17, 15) is 22.8 Å². The van der Waals surface area contributed by atoms with E-state index in [1.807, 2.05) is 19.1 Å². The molecule has 2 aromatic heterocycles. The van der Waals surface area contributed by atoms with Crippen LogP contribution in [0.3, 0.4) is 0 Å². The fourth-order valence-corrected chi connectivity index (χ4v) is 3.33. The predicted molar refractivity (Wildman–Crippen MR) is 114 cm³/mol. The van der Waals surface area contributed by atoms with Gasteiger partial charge in [0.2, 0.25) is 5.95 Å². The van der Waals surface area contributed by atoms with Gasteiger partial charge in [-0.1, -0.05) is 37.3 Å². The van der Waals surface area contributed by atoms with Crippen molar-refractivity contribution in [2.75, 3.05) is 5.32 Å². The van der Waals surface area contributed by atoms with Crippen molar-refractivity contribution >= 4 is 17.0 Å². The molecule has 0 spiro atoms. The van der Waals surface area contributed by atoms with E-state index in [-0.39, 0.29) is 29.1 Å². The van der Waals surface area contributed by atoms with E-state index in [1.54, 1.807) is 12.1 Å². The summed E-state index contributed by atoms with van der Waals surface area (Å²) in [6, 6.07) is 12.2. The van der Waals surface area contributed by atoms with Crippen molar-refractivity contribution in [1.29, 1.82) is 0 Å². The van der Waals surface area contributed by atoms with Crippen LogP contribution in [0.15, 0.2) is 64.3 Å². The third kappa shape index (κ3) is 4.11. The average Bonchev–Trinajstić information content (AvgIpc) is 2.77. The molecule has 0 aliphatic rings. The molecule has 4 aromatic rings. The highest BCUT2D eigenvalue weighted by atomic mass is 19.4. The molecule has 0 unspecified atom stereocenters. The van der Waals surface area contributed by atoms with E-state index in [1.165, 1.54) is 24.4 Å². The summed E-state index contributed by atoms with van der Waals surface area (Å²) in [6.07, 6.45) is -2.44. The van der Waals surface area contributed by atoms with Crippen LogP contribution in [-0.2, 0) is 19.1 Å². The maximum atomic E-state index is 13.2. The smallest absolute Gasteiger partial charge is 0.350 e. The molecule has 0 aliphatic heterocycles. The summed E-state index contributed by atoms with van der Waals surface area (Å²) in [5, 5.41) is 2.78. The number of aromatic amines is 1. The zero-order valence-corrected chi connectivity index (χ0v) is 16.9. The van der Waals surface area contributed by atoms with Crippen molar-refractivity contribution < 1.29 is 13.2 Å². The molecule has 0 radical (unpaired) electrons. The minimum Gasteiger partial charge on any atom is -0.350 e. The Kier molecular flexibility index (Phi) is 5.52. The molecule has 0 saturated heterocycles. The van der Waals surface area contributed by atoms with Gasteiger partial charge in [-0.05, 0) is 35.7 Å². The topological polar surface area (TPSA) is 92.7 Å². The molecular weight excluding hydrogens is 423 g/mol. The first-order valence-electron chi connectivity index (χ1n) is 9.78. The summed E-state index contributed by atoms with van der Waals surface area (Å²) < 4.78 is 40.5. The Bertz CT molecular complexity index is 1390. The third-order valence-electron chi connectivity index (χ3n) is 5.01. The number of halogens is 3. The molecule has 0 fully saturated rings. The first-order valence-corrected chi connectivity index (χ1v) is 9.78. The number of hydrogen-bond acceptors (Lipinski definition) is 5. The van der Waals surface area contributed by atoms with Crippen LogP contribution in [0.1, 0.15) is 23.6 Å². The second kappa shape index (κ2) is 8.29. The van der Waals surface area contributed by atoms with Crippen molar-refractivity contribution in [1.82, 2.24) is 19.5 Å². The van der Waals surface area contributed by atoms with Crippen molar-refractivity contribution in [2.24, 2.45) is 0 Å². The van der Waals surface area contributed by atoms with E-state index in [0.717, 1.165) is 22.6 Å². The van der Waals surface area contributed by atoms with Gasteiger partial charge in [-0.3, -0.25) is 9.78 Å². The quantitative estimate of drug-likeness (QED) is 0.493. The number of alkyl halides is 3.